The van der Waals surface area contributed by atoms with E-state index in [0.29, 0.717) is 0 Å². The second-order valence-corrected chi connectivity index (χ2v) is 13.4. The molecule has 3 heteroatoms. The lowest BCUT2D eigenvalue weighted by atomic mass is 9.70. The summed E-state index contributed by atoms with van der Waals surface area (Å²) in [5.41, 5.74) is 18.5. The zero-order valence-electron chi connectivity index (χ0n) is 26.3. The molecule has 226 valence electrons. The molecular formula is C46H26N2O. The minimum Gasteiger partial charge on any atom is -0.454 e. The van der Waals surface area contributed by atoms with Crippen molar-refractivity contribution >= 4 is 49.5 Å². The van der Waals surface area contributed by atoms with E-state index in [1.165, 1.54) is 50.1 Å². The highest BCUT2D eigenvalue weighted by atomic mass is 16.3. The summed E-state index contributed by atoms with van der Waals surface area (Å²) in [6, 6.07) is 57.6. The molecule has 10 aromatic rings. The van der Waals surface area contributed by atoms with Crippen molar-refractivity contribution in [1.29, 1.82) is 0 Å². The van der Waals surface area contributed by atoms with Gasteiger partial charge in [-0.1, -0.05) is 127 Å². The monoisotopic (exact) mass is 622 g/mol. The van der Waals surface area contributed by atoms with E-state index in [1.807, 2.05) is 0 Å². The molecule has 0 atom stereocenters. The van der Waals surface area contributed by atoms with Gasteiger partial charge in [-0.15, -0.1) is 0 Å². The smallest absolute Gasteiger partial charge is 0.160 e. The molecule has 3 aromatic heterocycles. The van der Waals surface area contributed by atoms with E-state index in [-0.39, 0.29) is 5.41 Å². The molecule has 3 heterocycles. The SMILES string of the molecule is c1ccc2c(c1)-c1ccccc1C21c2ccccc2-c2ccc(-c3ccc4oc5c6ccccc6c6nc7ccccc7n6c5c4c3)cc21. The number of hydrogen-bond donors (Lipinski definition) is 0. The lowest BCUT2D eigenvalue weighted by Crippen LogP contribution is -2.25. The van der Waals surface area contributed by atoms with Crippen LogP contribution in [-0.2, 0) is 5.41 Å². The maximum Gasteiger partial charge on any atom is 0.160 e. The topological polar surface area (TPSA) is 30.4 Å². The number of pyridine rings is 1. The average molecular weight is 623 g/mol. The first-order valence-electron chi connectivity index (χ1n) is 16.9. The molecule has 2 aliphatic rings. The van der Waals surface area contributed by atoms with Crippen LogP contribution in [0.2, 0.25) is 0 Å². The molecule has 0 saturated heterocycles. The first kappa shape index (κ1) is 25.6. The first-order chi connectivity index (χ1) is 24.3. The van der Waals surface area contributed by atoms with Gasteiger partial charge in [0.25, 0.3) is 0 Å². The summed E-state index contributed by atoms with van der Waals surface area (Å²) in [5.74, 6) is 0. The van der Waals surface area contributed by atoms with Crippen molar-refractivity contribution in [3.63, 3.8) is 0 Å². The van der Waals surface area contributed by atoms with Crippen molar-refractivity contribution in [3.8, 4) is 33.4 Å². The van der Waals surface area contributed by atoms with E-state index in [1.54, 1.807) is 0 Å². The molecule has 1 spiro atoms. The Kier molecular flexibility index (Phi) is 4.66. The second kappa shape index (κ2) is 8.91. The molecule has 12 rings (SSSR count). The summed E-state index contributed by atoms with van der Waals surface area (Å²) in [5, 5.41) is 3.25. The van der Waals surface area contributed by atoms with Crippen molar-refractivity contribution in [2.45, 2.75) is 5.41 Å². The molecule has 7 aromatic carbocycles. The molecule has 0 N–H and O–H groups in total. The Labute approximate surface area is 281 Å². The van der Waals surface area contributed by atoms with Crippen LogP contribution in [0.1, 0.15) is 22.3 Å². The molecule has 0 bridgehead atoms. The van der Waals surface area contributed by atoms with Crippen molar-refractivity contribution in [3.05, 3.63) is 180 Å². The van der Waals surface area contributed by atoms with Crippen molar-refractivity contribution in [2.24, 2.45) is 0 Å². The van der Waals surface area contributed by atoms with Gasteiger partial charge in [-0.05, 0) is 86.0 Å². The number of fused-ring (bicyclic) bond motifs is 20. The van der Waals surface area contributed by atoms with Crippen LogP contribution in [-0.4, -0.2) is 9.38 Å². The largest absolute Gasteiger partial charge is 0.454 e. The van der Waals surface area contributed by atoms with Gasteiger partial charge < -0.3 is 4.42 Å². The van der Waals surface area contributed by atoms with Gasteiger partial charge in [0.1, 0.15) is 16.7 Å². The number of benzene rings is 7. The number of para-hydroxylation sites is 2. The Morgan fingerprint density at radius 3 is 1.78 bits per heavy atom. The minimum absolute atomic E-state index is 0.373. The highest BCUT2D eigenvalue weighted by molar-refractivity contribution is 6.19. The van der Waals surface area contributed by atoms with Gasteiger partial charge in [-0.3, -0.25) is 4.40 Å². The number of furan rings is 1. The van der Waals surface area contributed by atoms with E-state index >= 15 is 0 Å². The number of aromatic nitrogens is 2. The Hall–Kier alpha value is -6.45. The Bertz CT molecular complexity index is 3000. The maximum atomic E-state index is 6.70. The van der Waals surface area contributed by atoms with Crippen LogP contribution in [0.4, 0.5) is 0 Å². The van der Waals surface area contributed by atoms with Gasteiger partial charge in [0.2, 0.25) is 0 Å². The summed E-state index contributed by atoms with van der Waals surface area (Å²) in [7, 11) is 0. The van der Waals surface area contributed by atoms with E-state index in [4.69, 9.17) is 9.40 Å². The Morgan fingerprint density at radius 2 is 1.04 bits per heavy atom. The Morgan fingerprint density at radius 1 is 0.469 bits per heavy atom. The van der Waals surface area contributed by atoms with Crippen LogP contribution in [0.3, 0.4) is 0 Å². The van der Waals surface area contributed by atoms with Gasteiger partial charge >= 0.3 is 0 Å². The molecule has 49 heavy (non-hydrogen) atoms. The fourth-order valence-corrected chi connectivity index (χ4v) is 9.25. The zero-order valence-corrected chi connectivity index (χ0v) is 26.3. The zero-order chi connectivity index (χ0) is 31.8. The van der Waals surface area contributed by atoms with Crippen LogP contribution >= 0.6 is 0 Å². The third-order valence-electron chi connectivity index (χ3n) is 11.2. The third kappa shape index (κ3) is 3.03. The highest BCUT2D eigenvalue weighted by Gasteiger charge is 2.51. The summed E-state index contributed by atoms with van der Waals surface area (Å²) < 4.78 is 9.00. The number of rotatable bonds is 1. The second-order valence-electron chi connectivity index (χ2n) is 13.4. The normalized spacial score (nSPS) is 13.9. The van der Waals surface area contributed by atoms with Crippen molar-refractivity contribution in [1.82, 2.24) is 9.38 Å². The molecule has 0 unspecified atom stereocenters. The molecule has 0 saturated carbocycles. The van der Waals surface area contributed by atoms with Crippen LogP contribution in [0.25, 0.3) is 82.9 Å². The molecule has 0 amide bonds. The first-order valence-corrected chi connectivity index (χ1v) is 16.9. The summed E-state index contributed by atoms with van der Waals surface area (Å²) in [6.07, 6.45) is 0. The lowest BCUT2D eigenvalue weighted by molar-refractivity contribution is 0.672. The summed E-state index contributed by atoms with van der Waals surface area (Å²) in [6.45, 7) is 0. The highest BCUT2D eigenvalue weighted by Crippen LogP contribution is 2.63. The predicted octanol–water partition coefficient (Wildman–Crippen LogP) is 11.6. The van der Waals surface area contributed by atoms with Gasteiger partial charge in [-0.25, -0.2) is 4.98 Å². The molecule has 0 aliphatic heterocycles. The summed E-state index contributed by atoms with van der Waals surface area (Å²) >= 11 is 0. The molecule has 2 aliphatic carbocycles. The molecular weight excluding hydrogens is 597 g/mol. The Balaban J connectivity index is 1.16. The van der Waals surface area contributed by atoms with Crippen molar-refractivity contribution in [2.75, 3.05) is 0 Å². The fraction of sp³-hybridized carbons (Fsp3) is 0.0217. The molecule has 3 nitrogen and oxygen atoms in total. The molecule has 0 fully saturated rings. The van der Waals surface area contributed by atoms with E-state index in [2.05, 4.69) is 162 Å². The predicted molar refractivity (Wildman–Crippen MR) is 199 cm³/mol. The summed E-state index contributed by atoms with van der Waals surface area (Å²) in [4.78, 5) is 5.12. The van der Waals surface area contributed by atoms with E-state index in [9.17, 15) is 0 Å². The van der Waals surface area contributed by atoms with Crippen molar-refractivity contribution < 1.29 is 4.42 Å². The average Bonchev–Trinajstić information content (AvgIpc) is 3.90. The van der Waals surface area contributed by atoms with Gasteiger partial charge in [0, 0.05) is 16.2 Å². The standard InChI is InChI=1S/C46H26N2O/c1-2-15-34-33(14-1)44-43(48-41-20-10-9-19-40(41)47-45(34)48)35-25-27(22-24-42(35)49-44)28-21-23-32-31-13-5-8-18-38(31)46(39(32)26-28)36-16-6-3-11-29(36)30-12-4-7-17-37(30)46/h1-26H. The van der Waals surface area contributed by atoms with E-state index < -0.39 is 0 Å². The van der Waals surface area contributed by atoms with Crippen LogP contribution in [0.15, 0.2) is 162 Å². The van der Waals surface area contributed by atoms with Gasteiger partial charge in [0.15, 0.2) is 5.58 Å². The van der Waals surface area contributed by atoms with Crippen LogP contribution in [0, 0.1) is 0 Å². The van der Waals surface area contributed by atoms with Gasteiger partial charge in [0.05, 0.1) is 16.4 Å². The molecule has 0 radical (unpaired) electrons. The van der Waals surface area contributed by atoms with E-state index in [0.717, 1.165) is 55.1 Å². The minimum atomic E-state index is -0.373. The van der Waals surface area contributed by atoms with Gasteiger partial charge in [-0.2, -0.15) is 0 Å². The lowest BCUT2D eigenvalue weighted by Gasteiger charge is -2.30. The number of hydrogen-bond acceptors (Lipinski definition) is 2. The fourth-order valence-electron chi connectivity index (χ4n) is 9.25. The quantitative estimate of drug-likeness (QED) is 0.182. The van der Waals surface area contributed by atoms with Crippen LogP contribution in [0.5, 0.6) is 0 Å². The number of nitrogens with zero attached hydrogens (tertiary/aromatic N) is 2. The number of imidazole rings is 1. The van der Waals surface area contributed by atoms with Crippen LogP contribution < -0.4 is 0 Å². The third-order valence-corrected chi connectivity index (χ3v) is 11.2. The maximum absolute atomic E-state index is 6.70.